The Kier molecular flexibility index (Phi) is 9.50. The van der Waals surface area contributed by atoms with Crippen molar-refractivity contribution in [3.05, 3.63) is 59.1 Å². The molecule has 35 heavy (non-hydrogen) atoms. The van der Waals surface area contributed by atoms with Crippen LogP contribution >= 0.6 is 23.1 Å². The van der Waals surface area contributed by atoms with Crippen molar-refractivity contribution in [3.8, 4) is 11.5 Å². The molecule has 0 unspecified atom stereocenters. The lowest BCUT2D eigenvalue weighted by atomic mass is 10.2. The predicted octanol–water partition coefficient (Wildman–Crippen LogP) is 4.25. The van der Waals surface area contributed by atoms with Crippen molar-refractivity contribution < 1.29 is 28.6 Å². The van der Waals surface area contributed by atoms with Crippen LogP contribution in [-0.2, 0) is 20.7 Å². The number of amides is 2. The number of methoxy groups -OCH3 is 2. The van der Waals surface area contributed by atoms with E-state index in [1.807, 2.05) is 12.1 Å². The Morgan fingerprint density at radius 1 is 1.00 bits per heavy atom. The fraction of sp³-hybridized carbons (Fsp3) is 0.250. The number of hydrogen-bond acceptors (Lipinski definition) is 9. The van der Waals surface area contributed by atoms with Gasteiger partial charge in [-0.15, -0.1) is 23.1 Å². The Labute approximate surface area is 211 Å². The van der Waals surface area contributed by atoms with Gasteiger partial charge in [0, 0.05) is 21.5 Å². The van der Waals surface area contributed by atoms with Gasteiger partial charge in [0.05, 0.1) is 38.7 Å². The van der Waals surface area contributed by atoms with Gasteiger partial charge in [-0.1, -0.05) is 0 Å². The highest BCUT2D eigenvalue weighted by Gasteiger charge is 2.13. The van der Waals surface area contributed by atoms with Crippen molar-refractivity contribution in [2.75, 3.05) is 37.2 Å². The highest BCUT2D eigenvalue weighted by Crippen LogP contribution is 2.28. The molecule has 0 aliphatic rings. The number of aromatic nitrogens is 1. The third-order valence-electron chi connectivity index (χ3n) is 4.56. The van der Waals surface area contributed by atoms with Gasteiger partial charge in [-0.3, -0.25) is 14.4 Å². The molecular weight excluding hydrogens is 490 g/mol. The average molecular weight is 516 g/mol. The number of nitrogens with one attached hydrogen (secondary N) is 2. The van der Waals surface area contributed by atoms with Crippen LogP contribution in [0.4, 0.5) is 10.8 Å². The number of thiazole rings is 1. The quantitative estimate of drug-likeness (QED) is 0.288. The second-order valence-corrected chi connectivity index (χ2v) is 8.92. The molecule has 0 fully saturated rings. The SMILES string of the molecule is CCOC(=O)Cc1csc(NC(=O)CSc2ccc(NC(=O)c3ccc(OC)c(OC)c3)cc2)n1. The molecule has 0 saturated heterocycles. The van der Waals surface area contributed by atoms with Gasteiger partial charge in [-0.2, -0.15) is 0 Å². The van der Waals surface area contributed by atoms with Crippen molar-refractivity contribution in [2.24, 2.45) is 0 Å². The summed E-state index contributed by atoms with van der Waals surface area (Å²) in [6.07, 6.45) is 0.0733. The minimum absolute atomic E-state index is 0.0733. The number of esters is 1. The first-order valence-corrected chi connectivity index (χ1v) is 12.4. The van der Waals surface area contributed by atoms with Gasteiger partial charge in [0.25, 0.3) is 5.91 Å². The van der Waals surface area contributed by atoms with Crippen molar-refractivity contribution in [3.63, 3.8) is 0 Å². The number of carbonyl (C=O) groups excluding carboxylic acids is 3. The van der Waals surface area contributed by atoms with Gasteiger partial charge in [0.15, 0.2) is 16.6 Å². The van der Waals surface area contributed by atoms with Crippen LogP contribution in [0.5, 0.6) is 11.5 Å². The van der Waals surface area contributed by atoms with E-state index >= 15 is 0 Å². The van der Waals surface area contributed by atoms with Gasteiger partial charge >= 0.3 is 5.97 Å². The van der Waals surface area contributed by atoms with E-state index < -0.39 is 0 Å². The standard InChI is InChI=1S/C24H25N3O6S2/c1-4-33-22(29)12-17-13-35-24(26-17)27-21(28)14-34-18-8-6-16(7-9-18)25-23(30)15-5-10-19(31-2)20(11-15)32-3/h5-11,13H,4,12,14H2,1-3H3,(H,25,30)(H,26,27,28). The van der Waals surface area contributed by atoms with Crippen LogP contribution in [0.1, 0.15) is 23.0 Å². The van der Waals surface area contributed by atoms with E-state index in [1.165, 1.54) is 37.3 Å². The number of hydrogen-bond donors (Lipinski definition) is 2. The number of carbonyl (C=O) groups is 3. The summed E-state index contributed by atoms with van der Waals surface area (Å²) in [5, 5.41) is 7.71. The van der Waals surface area contributed by atoms with Gasteiger partial charge in [0.2, 0.25) is 5.91 Å². The second-order valence-electron chi connectivity index (χ2n) is 7.01. The second kappa shape index (κ2) is 12.8. The molecule has 0 radical (unpaired) electrons. The summed E-state index contributed by atoms with van der Waals surface area (Å²) >= 11 is 2.61. The summed E-state index contributed by atoms with van der Waals surface area (Å²) in [6, 6.07) is 12.1. The Hall–Kier alpha value is -3.57. The van der Waals surface area contributed by atoms with E-state index in [1.54, 1.807) is 42.6 Å². The van der Waals surface area contributed by atoms with Gasteiger partial charge < -0.3 is 24.8 Å². The van der Waals surface area contributed by atoms with Crippen molar-refractivity contribution in [1.29, 1.82) is 0 Å². The zero-order valence-corrected chi connectivity index (χ0v) is 21.1. The first-order valence-electron chi connectivity index (χ1n) is 10.6. The molecular formula is C24H25N3O6S2. The fourth-order valence-corrected chi connectivity index (χ4v) is 4.35. The van der Waals surface area contributed by atoms with Crippen LogP contribution in [0.15, 0.2) is 52.7 Å². The minimum Gasteiger partial charge on any atom is -0.493 e. The summed E-state index contributed by atoms with van der Waals surface area (Å²) in [4.78, 5) is 41.4. The topological polar surface area (TPSA) is 116 Å². The van der Waals surface area contributed by atoms with E-state index in [0.29, 0.717) is 40.2 Å². The van der Waals surface area contributed by atoms with E-state index in [2.05, 4.69) is 15.6 Å². The minimum atomic E-state index is -0.352. The smallest absolute Gasteiger partial charge is 0.311 e. The summed E-state index contributed by atoms with van der Waals surface area (Å²) in [5.74, 6) is 0.355. The van der Waals surface area contributed by atoms with Crippen LogP contribution in [0.25, 0.3) is 0 Å². The van der Waals surface area contributed by atoms with Crippen LogP contribution < -0.4 is 20.1 Å². The summed E-state index contributed by atoms with van der Waals surface area (Å²) < 4.78 is 15.3. The molecule has 2 amide bonds. The first kappa shape index (κ1) is 26.0. The zero-order chi connectivity index (χ0) is 25.2. The molecule has 0 saturated carbocycles. The number of rotatable bonds is 11. The number of benzene rings is 2. The number of thioether (sulfide) groups is 1. The summed E-state index contributed by atoms with van der Waals surface area (Å²) in [7, 11) is 3.04. The number of ether oxygens (including phenoxy) is 3. The summed E-state index contributed by atoms with van der Waals surface area (Å²) in [5.41, 5.74) is 1.61. The van der Waals surface area contributed by atoms with Gasteiger partial charge in [-0.25, -0.2) is 4.98 Å². The molecule has 2 N–H and O–H groups in total. The molecule has 3 aromatic rings. The third-order valence-corrected chi connectivity index (χ3v) is 6.38. The highest BCUT2D eigenvalue weighted by molar-refractivity contribution is 8.00. The Balaban J connectivity index is 1.48. The summed E-state index contributed by atoms with van der Waals surface area (Å²) in [6.45, 7) is 2.06. The lowest BCUT2D eigenvalue weighted by Gasteiger charge is -2.10. The third kappa shape index (κ3) is 7.72. The van der Waals surface area contributed by atoms with Crippen molar-refractivity contribution >= 4 is 51.7 Å². The molecule has 0 bridgehead atoms. The molecule has 11 heteroatoms. The monoisotopic (exact) mass is 515 g/mol. The van der Waals surface area contributed by atoms with E-state index in [4.69, 9.17) is 14.2 Å². The lowest BCUT2D eigenvalue weighted by Crippen LogP contribution is -2.14. The molecule has 2 aromatic carbocycles. The molecule has 0 spiro atoms. The maximum absolute atomic E-state index is 12.6. The number of nitrogens with zero attached hydrogens (tertiary/aromatic N) is 1. The lowest BCUT2D eigenvalue weighted by molar-refractivity contribution is -0.142. The molecule has 3 rings (SSSR count). The molecule has 0 atom stereocenters. The van der Waals surface area contributed by atoms with Gasteiger partial charge in [0.1, 0.15) is 0 Å². The molecule has 1 heterocycles. The van der Waals surface area contributed by atoms with E-state index in [0.717, 1.165) is 4.90 Å². The molecule has 0 aliphatic heterocycles. The Morgan fingerprint density at radius 3 is 2.43 bits per heavy atom. The largest absolute Gasteiger partial charge is 0.493 e. The molecule has 1 aromatic heterocycles. The van der Waals surface area contributed by atoms with Crippen molar-refractivity contribution in [2.45, 2.75) is 18.2 Å². The number of anilines is 2. The molecule has 184 valence electrons. The molecule has 9 nitrogen and oxygen atoms in total. The van der Waals surface area contributed by atoms with E-state index in [9.17, 15) is 14.4 Å². The maximum atomic E-state index is 12.6. The normalized spacial score (nSPS) is 10.4. The maximum Gasteiger partial charge on any atom is 0.311 e. The molecule has 0 aliphatic carbocycles. The predicted molar refractivity (Wildman–Crippen MR) is 136 cm³/mol. The van der Waals surface area contributed by atoms with Crippen LogP contribution in [0, 0.1) is 0 Å². The first-order chi connectivity index (χ1) is 16.9. The fourth-order valence-electron chi connectivity index (χ4n) is 2.92. The van der Waals surface area contributed by atoms with Crippen LogP contribution in [-0.4, -0.2) is 49.3 Å². The van der Waals surface area contributed by atoms with Gasteiger partial charge in [-0.05, 0) is 49.4 Å². The highest BCUT2D eigenvalue weighted by atomic mass is 32.2. The van der Waals surface area contributed by atoms with E-state index in [-0.39, 0.29) is 30.0 Å². The Morgan fingerprint density at radius 2 is 1.74 bits per heavy atom. The average Bonchev–Trinajstić information content (AvgIpc) is 3.29. The Bertz CT molecular complexity index is 1180. The van der Waals surface area contributed by atoms with Crippen molar-refractivity contribution in [1.82, 2.24) is 4.98 Å². The van der Waals surface area contributed by atoms with Crippen LogP contribution in [0.3, 0.4) is 0 Å². The van der Waals surface area contributed by atoms with Crippen LogP contribution in [0.2, 0.25) is 0 Å². The zero-order valence-electron chi connectivity index (χ0n) is 19.5.